The standard InChI is InChI=1S/C35H45N9O2/c1-22(2)29-21-37-32-31(29)42-35(41-26-17-15-24(36-3)16-18-26)43-33(32)39-27-8-6-9-28(20-27)40-34(46)23-11-13-25(14-12-23)38-30(45)10-7-19-44(4)5/h6-14,20-22,24,26,29,36H,15-19H2,1-5H3,(H,38,45)(H,40,46)(H2,39,41,42,43)/b10-7+. The molecule has 3 aromatic rings. The highest BCUT2D eigenvalue weighted by atomic mass is 16.2. The Hall–Kier alpha value is -4.61. The SMILES string of the molecule is CNC1CCC(Nc2nc(Nc3cccc(NC(=O)c4ccc(NC(=O)/C=C/CN(C)C)cc4)c3)c3c(n2)C(C(C)C)C=N3)CC1. The van der Waals surface area contributed by atoms with E-state index < -0.39 is 0 Å². The van der Waals surface area contributed by atoms with Crippen molar-refractivity contribution in [2.45, 2.75) is 57.5 Å². The number of amides is 2. The summed E-state index contributed by atoms with van der Waals surface area (Å²) in [5, 5.41) is 16.2. The Bertz CT molecular complexity index is 1580. The van der Waals surface area contributed by atoms with Gasteiger partial charge in [0.05, 0.1) is 5.69 Å². The van der Waals surface area contributed by atoms with Crippen LogP contribution in [0.4, 0.5) is 34.5 Å². The first-order valence-electron chi connectivity index (χ1n) is 16.0. The number of anilines is 5. The smallest absolute Gasteiger partial charge is 0.255 e. The maximum Gasteiger partial charge on any atom is 0.255 e. The predicted octanol–water partition coefficient (Wildman–Crippen LogP) is 5.93. The highest BCUT2D eigenvalue weighted by Gasteiger charge is 2.29. The highest BCUT2D eigenvalue weighted by molar-refractivity contribution is 6.05. The van der Waals surface area contributed by atoms with Gasteiger partial charge in [-0.2, -0.15) is 4.98 Å². The van der Waals surface area contributed by atoms with Crippen LogP contribution >= 0.6 is 0 Å². The van der Waals surface area contributed by atoms with E-state index in [4.69, 9.17) is 15.0 Å². The van der Waals surface area contributed by atoms with Gasteiger partial charge in [0.1, 0.15) is 5.69 Å². The fourth-order valence-corrected chi connectivity index (χ4v) is 5.68. The molecular formula is C35H45N9O2. The number of nitrogens with zero attached hydrogens (tertiary/aromatic N) is 4. The van der Waals surface area contributed by atoms with Gasteiger partial charge in [0, 0.05) is 59.5 Å². The molecular weight excluding hydrogens is 578 g/mol. The largest absolute Gasteiger partial charge is 0.351 e. The van der Waals surface area contributed by atoms with Crippen LogP contribution in [-0.2, 0) is 4.79 Å². The fraction of sp³-hybridized carbons (Fsp3) is 0.400. The number of benzene rings is 2. The van der Waals surface area contributed by atoms with Crippen molar-refractivity contribution in [2.24, 2.45) is 10.9 Å². The van der Waals surface area contributed by atoms with Crippen molar-refractivity contribution in [1.29, 1.82) is 0 Å². The number of hydrogen-bond donors (Lipinski definition) is 5. The second-order valence-electron chi connectivity index (χ2n) is 12.6. The molecule has 1 saturated carbocycles. The van der Waals surface area contributed by atoms with Gasteiger partial charge >= 0.3 is 0 Å². The molecule has 5 rings (SSSR count). The first-order valence-corrected chi connectivity index (χ1v) is 16.0. The molecule has 0 spiro atoms. The van der Waals surface area contributed by atoms with E-state index in [-0.39, 0.29) is 17.7 Å². The normalized spacial score (nSPS) is 19.0. The van der Waals surface area contributed by atoms with Crippen LogP contribution in [0.1, 0.15) is 61.5 Å². The van der Waals surface area contributed by atoms with E-state index in [1.807, 2.05) is 56.5 Å². The first-order chi connectivity index (χ1) is 22.2. The third-order valence-corrected chi connectivity index (χ3v) is 8.32. The van der Waals surface area contributed by atoms with Crippen molar-refractivity contribution < 1.29 is 9.59 Å². The maximum atomic E-state index is 13.1. The summed E-state index contributed by atoms with van der Waals surface area (Å²) in [6, 6.07) is 15.2. The summed E-state index contributed by atoms with van der Waals surface area (Å²) in [5.41, 5.74) is 4.16. The van der Waals surface area contributed by atoms with Gasteiger partial charge in [-0.05, 0) is 95.2 Å². The van der Waals surface area contributed by atoms with E-state index in [1.54, 1.807) is 30.3 Å². The van der Waals surface area contributed by atoms with Gasteiger partial charge in [0.25, 0.3) is 5.91 Å². The molecule has 1 aliphatic heterocycles. The van der Waals surface area contributed by atoms with E-state index >= 15 is 0 Å². The minimum Gasteiger partial charge on any atom is -0.351 e. The predicted molar refractivity (Wildman–Crippen MR) is 187 cm³/mol. The Balaban J connectivity index is 1.26. The van der Waals surface area contributed by atoms with Gasteiger partial charge in [0.2, 0.25) is 11.9 Å². The molecule has 46 heavy (non-hydrogen) atoms. The van der Waals surface area contributed by atoms with Crippen LogP contribution in [0.15, 0.2) is 65.7 Å². The van der Waals surface area contributed by atoms with E-state index in [0.29, 0.717) is 53.3 Å². The van der Waals surface area contributed by atoms with Crippen LogP contribution in [0, 0.1) is 5.92 Å². The molecule has 2 amide bonds. The van der Waals surface area contributed by atoms with Crippen LogP contribution < -0.4 is 26.6 Å². The molecule has 1 aliphatic carbocycles. The average Bonchev–Trinajstić information content (AvgIpc) is 3.46. The molecule has 2 aromatic carbocycles. The number of likely N-dealkylation sites (N-methyl/N-ethyl adjacent to an activating group) is 1. The van der Waals surface area contributed by atoms with Gasteiger partial charge in [-0.15, -0.1) is 0 Å². The molecule has 1 aromatic heterocycles. The van der Waals surface area contributed by atoms with Crippen LogP contribution in [0.5, 0.6) is 0 Å². The Morgan fingerprint density at radius 3 is 2.35 bits per heavy atom. The summed E-state index contributed by atoms with van der Waals surface area (Å²) in [4.78, 5) is 41.7. The number of rotatable bonds is 12. The lowest BCUT2D eigenvalue weighted by atomic mass is 9.91. The molecule has 5 N–H and O–H groups in total. The van der Waals surface area contributed by atoms with Crippen LogP contribution in [0.2, 0.25) is 0 Å². The maximum absolute atomic E-state index is 13.1. The monoisotopic (exact) mass is 623 g/mol. The molecule has 1 atom stereocenters. The lowest BCUT2D eigenvalue weighted by Crippen LogP contribution is -2.35. The molecule has 11 heteroatoms. The molecule has 0 saturated heterocycles. The van der Waals surface area contributed by atoms with Crippen molar-refractivity contribution in [2.75, 3.05) is 49.0 Å². The van der Waals surface area contributed by atoms with E-state index in [1.165, 1.54) is 6.08 Å². The number of nitrogens with one attached hydrogen (secondary N) is 5. The van der Waals surface area contributed by atoms with Crippen LogP contribution in [0.3, 0.4) is 0 Å². The average molecular weight is 624 g/mol. The molecule has 1 fully saturated rings. The summed E-state index contributed by atoms with van der Waals surface area (Å²) in [7, 11) is 5.90. The molecule has 0 radical (unpaired) electrons. The molecule has 242 valence electrons. The summed E-state index contributed by atoms with van der Waals surface area (Å²) in [5.74, 6) is 1.23. The van der Waals surface area contributed by atoms with Gasteiger partial charge in [0.15, 0.2) is 5.82 Å². The van der Waals surface area contributed by atoms with Gasteiger partial charge in [-0.3, -0.25) is 14.6 Å². The van der Waals surface area contributed by atoms with Crippen molar-refractivity contribution in [3.8, 4) is 0 Å². The Kier molecular flexibility index (Phi) is 10.8. The van der Waals surface area contributed by atoms with E-state index in [9.17, 15) is 9.59 Å². The summed E-state index contributed by atoms with van der Waals surface area (Å²) < 4.78 is 0. The van der Waals surface area contributed by atoms with Crippen LogP contribution in [-0.4, -0.2) is 72.7 Å². The summed E-state index contributed by atoms with van der Waals surface area (Å²) >= 11 is 0. The summed E-state index contributed by atoms with van der Waals surface area (Å²) in [6.45, 7) is 5.02. The molecule has 2 aliphatic rings. The van der Waals surface area contributed by atoms with Crippen molar-refractivity contribution in [3.63, 3.8) is 0 Å². The van der Waals surface area contributed by atoms with Crippen molar-refractivity contribution >= 4 is 52.5 Å². The van der Waals surface area contributed by atoms with E-state index in [2.05, 4.69) is 40.4 Å². The zero-order valence-corrected chi connectivity index (χ0v) is 27.3. The molecule has 1 unspecified atom stereocenters. The molecule has 11 nitrogen and oxygen atoms in total. The lowest BCUT2D eigenvalue weighted by molar-refractivity contribution is -0.111. The second kappa shape index (κ2) is 15.1. The first kappa shape index (κ1) is 32.8. The second-order valence-corrected chi connectivity index (χ2v) is 12.6. The quantitative estimate of drug-likeness (QED) is 0.157. The third-order valence-electron chi connectivity index (χ3n) is 8.32. The highest BCUT2D eigenvalue weighted by Crippen LogP contribution is 2.41. The minimum atomic E-state index is -0.257. The summed E-state index contributed by atoms with van der Waals surface area (Å²) in [6.07, 6.45) is 9.62. The Labute approximate surface area is 271 Å². The van der Waals surface area contributed by atoms with Crippen molar-refractivity contribution in [3.05, 3.63) is 71.9 Å². The zero-order valence-electron chi connectivity index (χ0n) is 27.3. The van der Waals surface area contributed by atoms with Gasteiger partial charge in [-0.1, -0.05) is 26.0 Å². The minimum absolute atomic E-state index is 0.115. The van der Waals surface area contributed by atoms with E-state index in [0.717, 1.165) is 42.8 Å². The Morgan fingerprint density at radius 1 is 0.935 bits per heavy atom. The molecule has 2 heterocycles. The topological polar surface area (TPSA) is 136 Å². The zero-order chi connectivity index (χ0) is 32.6. The number of carbonyl (C=O) groups is 2. The number of carbonyl (C=O) groups excluding carboxylic acids is 2. The van der Waals surface area contributed by atoms with Gasteiger partial charge in [-0.25, -0.2) is 4.98 Å². The number of hydrogen-bond acceptors (Lipinski definition) is 9. The number of fused-ring (bicyclic) bond motifs is 1. The third kappa shape index (κ3) is 8.55. The number of aliphatic imine (C=N–C) groups is 1. The van der Waals surface area contributed by atoms with Crippen molar-refractivity contribution in [1.82, 2.24) is 20.2 Å². The molecule has 0 bridgehead atoms. The van der Waals surface area contributed by atoms with Crippen LogP contribution in [0.25, 0.3) is 0 Å². The Morgan fingerprint density at radius 2 is 1.65 bits per heavy atom. The fourth-order valence-electron chi connectivity index (χ4n) is 5.68. The lowest BCUT2D eigenvalue weighted by Gasteiger charge is -2.29. The number of aromatic nitrogens is 2. The van der Waals surface area contributed by atoms with Gasteiger partial charge < -0.3 is 31.5 Å².